The first-order valence-electron chi connectivity index (χ1n) is 5.16. The van der Waals surface area contributed by atoms with E-state index in [1.165, 1.54) is 0 Å². The lowest BCUT2D eigenvalue weighted by Crippen LogP contribution is -1.88. The first kappa shape index (κ1) is 10.0. The first-order chi connectivity index (χ1) is 7.11. The molecule has 2 rings (SSSR count). The number of fused-ring (bicyclic) bond motifs is 1. The molecule has 0 radical (unpaired) electrons. The van der Waals surface area contributed by atoms with Crippen molar-refractivity contribution in [3.63, 3.8) is 0 Å². The summed E-state index contributed by atoms with van der Waals surface area (Å²) in [6.07, 6.45) is 0. The fourth-order valence-electron chi connectivity index (χ4n) is 1.66. The molecule has 15 heavy (non-hydrogen) atoms. The molecule has 0 atom stereocenters. The van der Waals surface area contributed by atoms with Gasteiger partial charge < -0.3 is 9.72 Å². The summed E-state index contributed by atoms with van der Waals surface area (Å²) in [5.74, 6) is 2.34. The number of hydrogen-bond donors (Lipinski definition) is 1. The van der Waals surface area contributed by atoms with Gasteiger partial charge in [-0.3, -0.25) is 0 Å². The fourth-order valence-corrected chi connectivity index (χ4v) is 1.66. The SMILES string of the molecule is COc1cc2nc(C(C)C)[nH]c2cc1C. The number of aromatic amines is 1. The van der Waals surface area contributed by atoms with Crippen LogP contribution in [0.25, 0.3) is 11.0 Å². The molecule has 1 aromatic heterocycles. The maximum Gasteiger partial charge on any atom is 0.124 e. The van der Waals surface area contributed by atoms with Crippen molar-refractivity contribution in [3.8, 4) is 5.75 Å². The summed E-state index contributed by atoms with van der Waals surface area (Å²) in [6, 6.07) is 4.06. The summed E-state index contributed by atoms with van der Waals surface area (Å²) >= 11 is 0. The summed E-state index contributed by atoms with van der Waals surface area (Å²) in [5, 5.41) is 0. The third-order valence-electron chi connectivity index (χ3n) is 2.56. The third kappa shape index (κ3) is 1.69. The third-order valence-corrected chi connectivity index (χ3v) is 2.56. The molecule has 1 aromatic carbocycles. The number of rotatable bonds is 2. The van der Waals surface area contributed by atoms with Crippen molar-refractivity contribution in [1.82, 2.24) is 9.97 Å². The van der Waals surface area contributed by atoms with Crippen LogP contribution in [0.4, 0.5) is 0 Å². The highest BCUT2D eigenvalue weighted by molar-refractivity contribution is 5.78. The molecule has 0 spiro atoms. The number of H-pyrrole nitrogens is 1. The Morgan fingerprint density at radius 1 is 1.33 bits per heavy atom. The standard InChI is InChI=1S/C12H16N2O/c1-7(2)12-13-9-5-8(3)11(15-4)6-10(9)14-12/h5-7H,1-4H3,(H,13,14). The van der Waals surface area contributed by atoms with Crippen LogP contribution in [0.3, 0.4) is 0 Å². The van der Waals surface area contributed by atoms with Gasteiger partial charge in [0.05, 0.1) is 18.1 Å². The van der Waals surface area contributed by atoms with E-state index in [1.54, 1.807) is 7.11 Å². The molecule has 3 nitrogen and oxygen atoms in total. The minimum Gasteiger partial charge on any atom is -0.496 e. The smallest absolute Gasteiger partial charge is 0.124 e. The zero-order chi connectivity index (χ0) is 11.0. The van der Waals surface area contributed by atoms with Crippen LogP contribution in [0.5, 0.6) is 5.75 Å². The van der Waals surface area contributed by atoms with Crippen LogP contribution in [-0.2, 0) is 0 Å². The average molecular weight is 204 g/mol. The molecule has 0 bridgehead atoms. The lowest BCUT2D eigenvalue weighted by molar-refractivity contribution is 0.412. The Balaban J connectivity index is 2.61. The van der Waals surface area contributed by atoms with Crippen LogP contribution < -0.4 is 4.74 Å². The molecular weight excluding hydrogens is 188 g/mol. The van der Waals surface area contributed by atoms with Crippen molar-refractivity contribution in [2.45, 2.75) is 26.7 Å². The Hall–Kier alpha value is -1.51. The van der Waals surface area contributed by atoms with E-state index in [4.69, 9.17) is 4.74 Å². The number of nitrogens with zero attached hydrogens (tertiary/aromatic N) is 1. The van der Waals surface area contributed by atoms with E-state index in [-0.39, 0.29) is 0 Å². The van der Waals surface area contributed by atoms with Crippen LogP contribution in [0, 0.1) is 6.92 Å². The van der Waals surface area contributed by atoms with Gasteiger partial charge in [-0.1, -0.05) is 13.8 Å². The number of nitrogens with one attached hydrogen (secondary N) is 1. The van der Waals surface area contributed by atoms with Crippen molar-refractivity contribution in [2.24, 2.45) is 0 Å². The van der Waals surface area contributed by atoms with Gasteiger partial charge in [-0.25, -0.2) is 4.98 Å². The predicted octanol–water partition coefficient (Wildman–Crippen LogP) is 3.00. The summed E-state index contributed by atoms with van der Waals surface area (Å²) < 4.78 is 5.27. The molecule has 0 fully saturated rings. The topological polar surface area (TPSA) is 37.9 Å². The molecule has 3 heteroatoms. The molecule has 0 aliphatic rings. The van der Waals surface area contributed by atoms with Crippen molar-refractivity contribution in [1.29, 1.82) is 0 Å². The van der Waals surface area contributed by atoms with Gasteiger partial charge in [-0.2, -0.15) is 0 Å². The molecule has 1 heterocycles. The Morgan fingerprint density at radius 2 is 2.07 bits per heavy atom. The van der Waals surface area contributed by atoms with Crippen LogP contribution in [0.1, 0.15) is 31.2 Å². The van der Waals surface area contributed by atoms with E-state index < -0.39 is 0 Å². The van der Waals surface area contributed by atoms with E-state index in [0.29, 0.717) is 5.92 Å². The van der Waals surface area contributed by atoms with Crippen LogP contribution in [-0.4, -0.2) is 17.1 Å². The van der Waals surface area contributed by atoms with Gasteiger partial charge in [-0.05, 0) is 18.6 Å². The summed E-state index contributed by atoms with van der Waals surface area (Å²) in [7, 11) is 1.68. The predicted molar refractivity (Wildman–Crippen MR) is 61.5 cm³/mol. The minimum atomic E-state index is 0.420. The number of aryl methyl sites for hydroxylation is 1. The van der Waals surface area contributed by atoms with Crippen molar-refractivity contribution < 1.29 is 4.74 Å². The molecule has 0 amide bonds. The van der Waals surface area contributed by atoms with Crippen LogP contribution >= 0.6 is 0 Å². The first-order valence-corrected chi connectivity index (χ1v) is 5.16. The number of benzene rings is 1. The molecule has 1 N–H and O–H groups in total. The highest BCUT2D eigenvalue weighted by Crippen LogP contribution is 2.25. The maximum atomic E-state index is 5.27. The monoisotopic (exact) mass is 204 g/mol. The lowest BCUT2D eigenvalue weighted by Gasteiger charge is -2.02. The fraction of sp³-hybridized carbons (Fsp3) is 0.417. The molecule has 0 unspecified atom stereocenters. The summed E-state index contributed by atoms with van der Waals surface area (Å²) in [4.78, 5) is 7.85. The van der Waals surface area contributed by atoms with E-state index in [1.807, 2.05) is 13.0 Å². The van der Waals surface area contributed by atoms with E-state index in [2.05, 4.69) is 29.9 Å². The Kier molecular flexibility index (Phi) is 2.39. The Morgan fingerprint density at radius 3 is 2.67 bits per heavy atom. The zero-order valence-electron chi connectivity index (χ0n) is 9.59. The lowest BCUT2D eigenvalue weighted by atomic mass is 10.2. The number of methoxy groups -OCH3 is 1. The van der Waals surface area contributed by atoms with Gasteiger partial charge in [0.2, 0.25) is 0 Å². The summed E-state index contributed by atoms with van der Waals surface area (Å²) in [6.45, 7) is 6.29. The number of aromatic nitrogens is 2. The largest absolute Gasteiger partial charge is 0.496 e. The molecule has 2 aromatic rings. The second kappa shape index (κ2) is 3.57. The number of ether oxygens (including phenoxy) is 1. The highest BCUT2D eigenvalue weighted by atomic mass is 16.5. The molecule has 0 saturated heterocycles. The van der Waals surface area contributed by atoms with Gasteiger partial charge >= 0.3 is 0 Å². The molecular formula is C12H16N2O. The normalized spacial score (nSPS) is 11.3. The molecule has 80 valence electrons. The second-order valence-electron chi connectivity index (χ2n) is 4.12. The van der Waals surface area contributed by atoms with E-state index >= 15 is 0 Å². The van der Waals surface area contributed by atoms with Crippen molar-refractivity contribution in [3.05, 3.63) is 23.5 Å². The van der Waals surface area contributed by atoms with Gasteiger partial charge in [0, 0.05) is 12.0 Å². The highest BCUT2D eigenvalue weighted by Gasteiger charge is 2.08. The Bertz CT molecular complexity index is 486. The van der Waals surface area contributed by atoms with Gasteiger partial charge in [-0.15, -0.1) is 0 Å². The summed E-state index contributed by atoms with van der Waals surface area (Å²) in [5.41, 5.74) is 3.18. The van der Waals surface area contributed by atoms with Gasteiger partial charge in [0.1, 0.15) is 11.6 Å². The number of hydrogen-bond acceptors (Lipinski definition) is 2. The van der Waals surface area contributed by atoms with Crippen molar-refractivity contribution in [2.75, 3.05) is 7.11 Å². The van der Waals surface area contributed by atoms with Gasteiger partial charge in [0.15, 0.2) is 0 Å². The number of imidazole rings is 1. The molecule has 0 aliphatic carbocycles. The maximum absolute atomic E-state index is 5.27. The second-order valence-corrected chi connectivity index (χ2v) is 4.12. The van der Waals surface area contributed by atoms with Crippen LogP contribution in [0.15, 0.2) is 12.1 Å². The van der Waals surface area contributed by atoms with Crippen molar-refractivity contribution >= 4 is 11.0 Å². The Labute approximate surface area is 89.5 Å². The van der Waals surface area contributed by atoms with E-state index in [0.717, 1.165) is 28.2 Å². The average Bonchev–Trinajstić information content (AvgIpc) is 2.59. The quantitative estimate of drug-likeness (QED) is 0.816. The minimum absolute atomic E-state index is 0.420. The van der Waals surface area contributed by atoms with Gasteiger partial charge in [0.25, 0.3) is 0 Å². The zero-order valence-corrected chi connectivity index (χ0v) is 9.59. The molecule has 0 aliphatic heterocycles. The molecule has 0 saturated carbocycles. The van der Waals surface area contributed by atoms with Crippen LogP contribution in [0.2, 0.25) is 0 Å². The van der Waals surface area contributed by atoms with E-state index in [9.17, 15) is 0 Å².